The first kappa shape index (κ1) is 23.2. The van der Waals surface area contributed by atoms with Crippen LogP contribution in [0.5, 0.6) is 11.5 Å². The fourth-order valence-electron chi connectivity index (χ4n) is 2.84. The number of rotatable bonds is 9. The van der Waals surface area contributed by atoms with E-state index in [-0.39, 0.29) is 30.5 Å². The van der Waals surface area contributed by atoms with Crippen LogP contribution >= 0.6 is 11.6 Å². The smallest absolute Gasteiger partial charge is 0.251 e. The number of Topliss-reactive ketones (excluding diaryl/α,β-unsaturated/α-hetero) is 1. The monoisotopic (exact) mass is 458 g/mol. The Kier molecular flexibility index (Phi) is 7.75. The Balaban J connectivity index is 1.71. The number of nitrogens with zero attached hydrogens (tertiary/aromatic N) is 1. The normalized spacial score (nSPS) is 10.5. The number of aromatic nitrogens is 1. The summed E-state index contributed by atoms with van der Waals surface area (Å²) in [4.78, 5) is 29.3. The van der Waals surface area contributed by atoms with Crippen molar-refractivity contribution in [1.82, 2.24) is 10.3 Å². The summed E-state index contributed by atoms with van der Waals surface area (Å²) in [6, 6.07) is 13.4. The summed E-state index contributed by atoms with van der Waals surface area (Å²) in [6.07, 6.45) is 0. The molecule has 0 aliphatic carbocycles. The molecule has 2 N–H and O–H groups in total. The van der Waals surface area contributed by atoms with Crippen LogP contribution < -0.4 is 14.8 Å². The number of pyridine rings is 1. The molecule has 0 aliphatic rings. The number of carbonyl (C=O) groups is 2. The van der Waals surface area contributed by atoms with Crippen molar-refractivity contribution in [3.63, 3.8) is 0 Å². The number of carbonyl (C=O) groups excluding carboxylic acids is 2. The number of ether oxygens (including phenoxy) is 2. The molecule has 3 rings (SSSR count). The molecule has 0 saturated heterocycles. The standard InChI is InChI=1S/C23H20ClFN2O5/c1-31-21-9-8-19(27-22(21)15-4-7-18(25)17(24)12-15)20(29)13-26-23(30)14-2-5-16(6-3-14)32-11-10-28/h2-9,12,28H,10-11,13H2,1H3,(H,26,30). The number of aliphatic hydroxyl groups excluding tert-OH is 1. The molecule has 0 fully saturated rings. The van der Waals surface area contributed by atoms with Gasteiger partial charge in [-0.25, -0.2) is 9.37 Å². The molecule has 166 valence electrons. The Labute approximate surface area is 188 Å². The summed E-state index contributed by atoms with van der Waals surface area (Å²) in [5.74, 6) is -0.527. The third-order valence-electron chi connectivity index (χ3n) is 4.44. The van der Waals surface area contributed by atoms with E-state index < -0.39 is 17.5 Å². The van der Waals surface area contributed by atoms with Crippen LogP contribution in [0.2, 0.25) is 5.02 Å². The number of halogens is 2. The molecule has 32 heavy (non-hydrogen) atoms. The van der Waals surface area contributed by atoms with Gasteiger partial charge in [0.15, 0.2) is 5.78 Å². The van der Waals surface area contributed by atoms with Gasteiger partial charge < -0.3 is 19.9 Å². The van der Waals surface area contributed by atoms with Gasteiger partial charge in [0.05, 0.1) is 25.3 Å². The number of amides is 1. The molecule has 3 aromatic rings. The van der Waals surface area contributed by atoms with Crippen LogP contribution in [0, 0.1) is 5.82 Å². The van der Waals surface area contributed by atoms with Gasteiger partial charge in [-0.3, -0.25) is 9.59 Å². The number of methoxy groups -OCH3 is 1. The van der Waals surface area contributed by atoms with Gasteiger partial charge in [-0.2, -0.15) is 0 Å². The number of ketones is 1. The first-order valence-electron chi connectivity index (χ1n) is 9.58. The van der Waals surface area contributed by atoms with Crippen molar-refractivity contribution in [2.24, 2.45) is 0 Å². The number of benzene rings is 2. The van der Waals surface area contributed by atoms with Crippen molar-refractivity contribution in [2.45, 2.75) is 0 Å². The molecule has 0 saturated carbocycles. The second-order valence-corrected chi connectivity index (χ2v) is 6.99. The summed E-state index contributed by atoms with van der Waals surface area (Å²) in [5.41, 5.74) is 1.26. The van der Waals surface area contributed by atoms with Crippen molar-refractivity contribution in [3.8, 4) is 22.8 Å². The van der Waals surface area contributed by atoms with Crippen molar-refractivity contribution in [3.05, 3.63) is 76.7 Å². The molecule has 0 bridgehead atoms. The van der Waals surface area contributed by atoms with E-state index in [2.05, 4.69) is 10.3 Å². The predicted molar refractivity (Wildman–Crippen MR) is 117 cm³/mol. The zero-order valence-electron chi connectivity index (χ0n) is 17.1. The van der Waals surface area contributed by atoms with E-state index in [0.29, 0.717) is 28.3 Å². The van der Waals surface area contributed by atoms with E-state index in [0.717, 1.165) is 0 Å². The molecule has 1 amide bonds. The maximum absolute atomic E-state index is 13.5. The fourth-order valence-corrected chi connectivity index (χ4v) is 3.02. The Morgan fingerprint density at radius 3 is 2.53 bits per heavy atom. The van der Waals surface area contributed by atoms with E-state index in [1.165, 1.54) is 31.4 Å². The molecule has 2 aromatic carbocycles. The summed E-state index contributed by atoms with van der Waals surface area (Å²) in [7, 11) is 1.45. The van der Waals surface area contributed by atoms with Gasteiger partial charge in [0.2, 0.25) is 0 Å². The SMILES string of the molecule is COc1ccc(C(=O)CNC(=O)c2ccc(OCCO)cc2)nc1-c1ccc(F)c(Cl)c1. The highest BCUT2D eigenvalue weighted by atomic mass is 35.5. The van der Waals surface area contributed by atoms with Crippen LogP contribution in [0.15, 0.2) is 54.6 Å². The lowest BCUT2D eigenvalue weighted by atomic mass is 10.1. The van der Waals surface area contributed by atoms with Gasteiger partial charge in [-0.1, -0.05) is 11.6 Å². The third-order valence-corrected chi connectivity index (χ3v) is 4.73. The van der Waals surface area contributed by atoms with Gasteiger partial charge in [0, 0.05) is 11.1 Å². The highest BCUT2D eigenvalue weighted by molar-refractivity contribution is 6.31. The Hall–Kier alpha value is -3.49. The quantitative estimate of drug-likeness (QED) is 0.476. The van der Waals surface area contributed by atoms with Crippen LogP contribution in [0.1, 0.15) is 20.8 Å². The minimum atomic E-state index is -0.572. The minimum Gasteiger partial charge on any atom is -0.494 e. The van der Waals surface area contributed by atoms with E-state index in [1.807, 2.05) is 0 Å². The van der Waals surface area contributed by atoms with E-state index >= 15 is 0 Å². The number of aliphatic hydroxyl groups is 1. The Morgan fingerprint density at radius 2 is 1.88 bits per heavy atom. The fraction of sp³-hybridized carbons (Fsp3) is 0.174. The first-order valence-corrected chi connectivity index (χ1v) is 9.96. The first-order chi connectivity index (χ1) is 15.4. The van der Waals surface area contributed by atoms with E-state index in [4.69, 9.17) is 26.2 Å². The topological polar surface area (TPSA) is 97.8 Å². The number of hydrogen-bond acceptors (Lipinski definition) is 6. The van der Waals surface area contributed by atoms with E-state index in [9.17, 15) is 14.0 Å². The lowest BCUT2D eigenvalue weighted by Crippen LogP contribution is -2.30. The molecule has 1 heterocycles. The van der Waals surface area contributed by atoms with Crippen molar-refractivity contribution < 1.29 is 28.6 Å². The highest BCUT2D eigenvalue weighted by Crippen LogP contribution is 2.31. The largest absolute Gasteiger partial charge is 0.494 e. The number of hydrogen-bond donors (Lipinski definition) is 2. The van der Waals surface area contributed by atoms with Gasteiger partial charge in [-0.15, -0.1) is 0 Å². The number of nitrogens with one attached hydrogen (secondary N) is 1. The van der Waals surface area contributed by atoms with Crippen LogP contribution in [-0.2, 0) is 0 Å². The second kappa shape index (κ2) is 10.7. The molecule has 1 aromatic heterocycles. The van der Waals surface area contributed by atoms with Crippen LogP contribution in [-0.4, -0.2) is 48.6 Å². The average Bonchev–Trinajstić information content (AvgIpc) is 2.82. The highest BCUT2D eigenvalue weighted by Gasteiger charge is 2.16. The van der Waals surface area contributed by atoms with Gasteiger partial charge in [0.1, 0.15) is 35.3 Å². The molecule has 0 spiro atoms. The predicted octanol–water partition coefficient (Wildman–Crippen LogP) is 3.53. The maximum Gasteiger partial charge on any atom is 0.251 e. The van der Waals surface area contributed by atoms with Gasteiger partial charge in [0.25, 0.3) is 5.91 Å². The summed E-state index contributed by atoms with van der Waals surface area (Å²) in [5, 5.41) is 11.2. The van der Waals surface area contributed by atoms with Crippen molar-refractivity contribution in [1.29, 1.82) is 0 Å². The van der Waals surface area contributed by atoms with Gasteiger partial charge >= 0.3 is 0 Å². The zero-order chi connectivity index (χ0) is 23.1. The summed E-state index contributed by atoms with van der Waals surface area (Å²) >= 11 is 5.86. The average molecular weight is 459 g/mol. The van der Waals surface area contributed by atoms with Crippen LogP contribution in [0.3, 0.4) is 0 Å². The minimum absolute atomic E-state index is 0.0804. The maximum atomic E-state index is 13.5. The lowest BCUT2D eigenvalue weighted by molar-refractivity contribution is 0.0902. The summed E-state index contributed by atoms with van der Waals surface area (Å²) in [6.45, 7) is -0.231. The third kappa shape index (κ3) is 5.60. The molecule has 0 aliphatic heterocycles. The van der Waals surface area contributed by atoms with E-state index in [1.54, 1.807) is 30.3 Å². The molecule has 0 radical (unpaired) electrons. The van der Waals surface area contributed by atoms with Crippen LogP contribution in [0.25, 0.3) is 11.3 Å². The molecule has 0 atom stereocenters. The molecular weight excluding hydrogens is 439 g/mol. The molecular formula is C23H20ClFN2O5. The lowest BCUT2D eigenvalue weighted by Gasteiger charge is -2.11. The Bertz CT molecular complexity index is 1120. The van der Waals surface area contributed by atoms with Crippen molar-refractivity contribution in [2.75, 3.05) is 26.9 Å². The summed E-state index contributed by atoms with van der Waals surface area (Å²) < 4.78 is 24.0. The zero-order valence-corrected chi connectivity index (χ0v) is 17.9. The molecule has 0 unspecified atom stereocenters. The molecule has 9 heteroatoms. The van der Waals surface area contributed by atoms with Crippen LogP contribution in [0.4, 0.5) is 4.39 Å². The molecule has 7 nitrogen and oxygen atoms in total. The second-order valence-electron chi connectivity index (χ2n) is 6.58. The van der Waals surface area contributed by atoms with Crippen molar-refractivity contribution >= 4 is 23.3 Å². The van der Waals surface area contributed by atoms with Gasteiger partial charge in [-0.05, 0) is 54.6 Å². The Morgan fingerprint density at radius 1 is 1.12 bits per heavy atom.